The fraction of sp³-hybridized carbons (Fsp3) is 0.263. The molecule has 0 unspecified atom stereocenters. The van der Waals surface area contributed by atoms with Gasteiger partial charge in [0, 0.05) is 25.2 Å². The van der Waals surface area contributed by atoms with Crippen LogP contribution in [0.15, 0.2) is 53.5 Å². The van der Waals surface area contributed by atoms with Crippen molar-refractivity contribution >= 4 is 23.3 Å². The second kappa shape index (κ2) is 6.47. The topological polar surface area (TPSA) is 63.2 Å². The van der Waals surface area contributed by atoms with E-state index in [-0.39, 0.29) is 6.10 Å². The van der Waals surface area contributed by atoms with Gasteiger partial charge in [0.15, 0.2) is 6.10 Å². The van der Waals surface area contributed by atoms with E-state index < -0.39 is 6.09 Å². The normalized spacial score (nSPS) is 18.0. The summed E-state index contributed by atoms with van der Waals surface area (Å²) in [5.41, 5.74) is 2.82. The van der Waals surface area contributed by atoms with Gasteiger partial charge in [-0.25, -0.2) is 9.79 Å². The van der Waals surface area contributed by atoms with E-state index in [0.29, 0.717) is 5.69 Å². The molecule has 2 aliphatic rings. The first-order valence-corrected chi connectivity index (χ1v) is 8.26. The molecule has 0 aromatic heterocycles. The Morgan fingerprint density at radius 2 is 2.00 bits per heavy atom. The summed E-state index contributed by atoms with van der Waals surface area (Å²) in [5, 5.41) is 2.74. The lowest BCUT2D eigenvalue weighted by Gasteiger charge is -2.26. The van der Waals surface area contributed by atoms with Crippen LogP contribution in [0.3, 0.4) is 0 Å². The van der Waals surface area contributed by atoms with Crippen LogP contribution in [0.4, 0.5) is 16.2 Å². The highest BCUT2D eigenvalue weighted by Gasteiger charge is 2.35. The smallest absolute Gasteiger partial charge is 0.412 e. The maximum absolute atomic E-state index is 12.2. The van der Waals surface area contributed by atoms with Crippen LogP contribution >= 0.6 is 0 Å². The van der Waals surface area contributed by atoms with Crippen LogP contribution in [0.25, 0.3) is 0 Å². The highest BCUT2D eigenvalue weighted by atomic mass is 16.6. The molecule has 0 radical (unpaired) electrons. The lowest BCUT2D eigenvalue weighted by molar-refractivity contribution is 0.143. The van der Waals surface area contributed by atoms with Crippen LogP contribution in [-0.2, 0) is 11.3 Å². The molecule has 4 rings (SSSR count). The third-order valence-electron chi connectivity index (χ3n) is 4.45. The molecule has 6 heteroatoms. The number of nitrogens with one attached hydrogen (secondary N) is 1. The predicted molar refractivity (Wildman–Crippen MR) is 95.4 cm³/mol. The quantitative estimate of drug-likeness (QED) is 0.930. The Morgan fingerprint density at radius 1 is 1.20 bits per heavy atom. The minimum Gasteiger partial charge on any atom is -0.497 e. The number of carbonyl (C=O) groups excluding carboxylic acids is 1. The van der Waals surface area contributed by atoms with Crippen molar-refractivity contribution < 1.29 is 14.3 Å². The highest BCUT2D eigenvalue weighted by molar-refractivity contribution is 5.95. The fourth-order valence-corrected chi connectivity index (χ4v) is 3.17. The summed E-state index contributed by atoms with van der Waals surface area (Å²) >= 11 is 0. The Labute approximate surface area is 146 Å². The molecule has 0 aliphatic carbocycles. The first-order valence-electron chi connectivity index (χ1n) is 8.26. The average molecular weight is 337 g/mol. The average Bonchev–Trinajstić information content (AvgIpc) is 3.02. The Bertz CT molecular complexity index is 817. The van der Waals surface area contributed by atoms with Crippen molar-refractivity contribution in [1.82, 2.24) is 4.90 Å². The monoisotopic (exact) mass is 337 g/mol. The van der Waals surface area contributed by atoms with Gasteiger partial charge in [0.2, 0.25) is 0 Å². The van der Waals surface area contributed by atoms with E-state index >= 15 is 0 Å². The van der Waals surface area contributed by atoms with Crippen LogP contribution in [0.5, 0.6) is 5.75 Å². The third-order valence-corrected chi connectivity index (χ3v) is 4.45. The molecule has 2 aromatic carbocycles. The van der Waals surface area contributed by atoms with Gasteiger partial charge in [0.05, 0.1) is 12.8 Å². The van der Waals surface area contributed by atoms with E-state index in [1.807, 2.05) is 18.2 Å². The molecule has 1 amide bonds. The van der Waals surface area contributed by atoms with Gasteiger partial charge in [-0.15, -0.1) is 0 Å². The molecule has 1 atom stereocenters. The lowest BCUT2D eigenvalue weighted by atomic mass is 10.1. The van der Waals surface area contributed by atoms with Gasteiger partial charge in [-0.05, 0) is 35.9 Å². The number of hydrogen-bond acceptors (Lipinski definition) is 5. The summed E-state index contributed by atoms with van der Waals surface area (Å²) in [5.74, 6) is 1.57. The summed E-state index contributed by atoms with van der Waals surface area (Å²) in [7, 11) is 1.60. The zero-order valence-electron chi connectivity index (χ0n) is 13.9. The number of methoxy groups -OCH3 is 1. The van der Waals surface area contributed by atoms with Crippen molar-refractivity contribution in [2.24, 2.45) is 4.99 Å². The van der Waals surface area contributed by atoms with Gasteiger partial charge in [0.25, 0.3) is 0 Å². The number of ether oxygens (including phenoxy) is 2. The molecule has 2 aliphatic heterocycles. The van der Waals surface area contributed by atoms with Crippen molar-refractivity contribution in [2.75, 3.05) is 19.0 Å². The molecule has 1 fully saturated rings. The zero-order valence-corrected chi connectivity index (χ0v) is 13.9. The van der Waals surface area contributed by atoms with Crippen molar-refractivity contribution in [1.29, 1.82) is 0 Å². The minimum atomic E-state index is -0.474. The third kappa shape index (κ3) is 3.15. The summed E-state index contributed by atoms with van der Waals surface area (Å²) < 4.78 is 10.7. The number of aliphatic imine (C=N–C) groups is 1. The van der Waals surface area contributed by atoms with Crippen molar-refractivity contribution in [2.45, 2.75) is 19.1 Å². The Morgan fingerprint density at radius 3 is 2.80 bits per heavy atom. The van der Waals surface area contributed by atoms with Gasteiger partial charge in [0.1, 0.15) is 11.6 Å². The number of rotatable bonds is 3. The molecule has 0 saturated carbocycles. The van der Waals surface area contributed by atoms with Crippen molar-refractivity contribution in [3.63, 3.8) is 0 Å². The molecule has 0 bridgehead atoms. The van der Waals surface area contributed by atoms with Gasteiger partial charge in [-0.2, -0.15) is 0 Å². The number of nitrogens with zero attached hydrogens (tertiary/aromatic N) is 2. The number of para-hydroxylation sites is 1. The molecule has 0 spiro atoms. The van der Waals surface area contributed by atoms with E-state index in [4.69, 9.17) is 14.5 Å². The maximum atomic E-state index is 12.2. The Hall–Kier alpha value is -3.02. The second-order valence-electron chi connectivity index (χ2n) is 6.06. The molecule has 1 N–H and O–H groups in total. The SMILES string of the molecule is COc1ccc(NC(=O)O[C@H]2CCN3Cc4ccccc4N=C23)cc1. The van der Waals surface area contributed by atoms with E-state index in [1.165, 1.54) is 5.56 Å². The van der Waals surface area contributed by atoms with E-state index in [1.54, 1.807) is 31.4 Å². The fourth-order valence-electron chi connectivity index (χ4n) is 3.17. The molecule has 25 heavy (non-hydrogen) atoms. The second-order valence-corrected chi connectivity index (χ2v) is 6.06. The molecule has 6 nitrogen and oxygen atoms in total. The zero-order chi connectivity index (χ0) is 17.2. The van der Waals surface area contributed by atoms with Gasteiger partial charge < -0.3 is 14.4 Å². The highest BCUT2D eigenvalue weighted by Crippen LogP contribution is 2.31. The van der Waals surface area contributed by atoms with Crippen molar-refractivity contribution in [3.8, 4) is 5.75 Å². The molecular formula is C19H19N3O3. The maximum Gasteiger partial charge on any atom is 0.412 e. The molecule has 1 saturated heterocycles. The van der Waals surface area contributed by atoms with Crippen LogP contribution in [0, 0.1) is 0 Å². The number of anilines is 1. The van der Waals surface area contributed by atoms with Crippen LogP contribution in [-0.4, -0.2) is 36.6 Å². The molecule has 128 valence electrons. The molecule has 2 aromatic rings. The standard InChI is InChI=1S/C19H19N3O3/c1-24-15-8-6-14(7-9-15)20-19(23)25-17-10-11-22-12-13-4-2-3-5-16(13)21-18(17)22/h2-9,17H,10-12H2,1H3,(H,20,23)/t17-/m0/s1. The van der Waals surface area contributed by atoms with Crippen LogP contribution in [0.2, 0.25) is 0 Å². The Balaban J connectivity index is 1.44. The van der Waals surface area contributed by atoms with Gasteiger partial charge >= 0.3 is 6.09 Å². The molecular weight excluding hydrogens is 318 g/mol. The van der Waals surface area contributed by atoms with Crippen LogP contribution in [0.1, 0.15) is 12.0 Å². The first kappa shape index (κ1) is 15.5. The molecule has 2 heterocycles. The predicted octanol–water partition coefficient (Wildman–Crippen LogP) is 3.56. The van der Waals surface area contributed by atoms with Crippen molar-refractivity contribution in [3.05, 3.63) is 54.1 Å². The lowest BCUT2D eigenvalue weighted by Crippen LogP contribution is -2.34. The number of hydrogen-bond donors (Lipinski definition) is 1. The van der Waals surface area contributed by atoms with E-state index in [0.717, 1.165) is 36.8 Å². The summed E-state index contributed by atoms with van der Waals surface area (Å²) in [6, 6.07) is 15.2. The summed E-state index contributed by atoms with van der Waals surface area (Å²) in [6.45, 7) is 1.66. The summed E-state index contributed by atoms with van der Waals surface area (Å²) in [6.07, 6.45) is -0.0340. The van der Waals surface area contributed by atoms with Gasteiger partial charge in [-0.3, -0.25) is 5.32 Å². The Kier molecular flexibility index (Phi) is 4.01. The number of benzene rings is 2. The first-order chi connectivity index (χ1) is 12.2. The van der Waals surface area contributed by atoms with E-state index in [9.17, 15) is 4.79 Å². The number of amidine groups is 1. The minimum absolute atomic E-state index is 0.313. The number of carbonyl (C=O) groups is 1. The van der Waals surface area contributed by atoms with E-state index in [2.05, 4.69) is 16.3 Å². The summed E-state index contributed by atoms with van der Waals surface area (Å²) in [4.78, 5) is 19.1. The number of fused-ring (bicyclic) bond motifs is 2. The van der Waals surface area contributed by atoms with Gasteiger partial charge in [-0.1, -0.05) is 18.2 Å². The largest absolute Gasteiger partial charge is 0.497 e. The number of amides is 1. The van der Waals surface area contributed by atoms with Crippen LogP contribution < -0.4 is 10.1 Å².